The van der Waals surface area contributed by atoms with E-state index in [1.54, 1.807) is 0 Å². The van der Waals surface area contributed by atoms with E-state index >= 15 is 0 Å². The SMILES string of the molecule is CC(C)=CCC[C@@H](C)[C@H]1CC[C@@]2(C)C3=CC[C@H]4C(C)(C)C(=O)CC[C@]4(C)[C@@H]3CC[C@]12C. The molecule has 4 aliphatic carbocycles. The predicted octanol–water partition coefficient (Wildman–Crippen LogP) is 8.54. The Labute approximate surface area is 192 Å². The zero-order chi connectivity index (χ0) is 22.8. The summed E-state index contributed by atoms with van der Waals surface area (Å²) in [5, 5.41) is 0. The number of fused-ring (bicyclic) bond motifs is 5. The van der Waals surface area contributed by atoms with E-state index < -0.39 is 0 Å². The summed E-state index contributed by atoms with van der Waals surface area (Å²) in [5.74, 6) is 3.36. The van der Waals surface area contributed by atoms with Crippen molar-refractivity contribution in [2.45, 2.75) is 113 Å². The molecule has 31 heavy (non-hydrogen) atoms. The smallest absolute Gasteiger partial charge is 0.138 e. The lowest BCUT2D eigenvalue weighted by Gasteiger charge is -2.63. The quantitative estimate of drug-likeness (QED) is 0.413. The molecule has 0 aromatic heterocycles. The zero-order valence-corrected chi connectivity index (χ0v) is 21.7. The first-order chi connectivity index (χ1) is 14.4. The molecule has 1 heteroatoms. The second kappa shape index (κ2) is 7.59. The molecule has 1 nitrogen and oxygen atoms in total. The van der Waals surface area contributed by atoms with E-state index in [1.165, 1.54) is 44.1 Å². The van der Waals surface area contributed by atoms with E-state index in [0.717, 1.165) is 31.1 Å². The van der Waals surface area contributed by atoms with Gasteiger partial charge in [0.2, 0.25) is 0 Å². The molecule has 3 saturated carbocycles. The molecule has 0 spiro atoms. The van der Waals surface area contributed by atoms with Crippen LogP contribution in [-0.4, -0.2) is 5.78 Å². The van der Waals surface area contributed by atoms with Gasteiger partial charge >= 0.3 is 0 Å². The second-order valence-corrected chi connectivity index (χ2v) is 13.4. The van der Waals surface area contributed by atoms with Gasteiger partial charge in [0.15, 0.2) is 0 Å². The van der Waals surface area contributed by atoms with E-state index in [2.05, 4.69) is 67.5 Å². The topological polar surface area (TPSA) is 17.1 Å². The van der Waals surface area contributed by atoms with Crippen LogP contribution in [0.5, 0.6) is 0 Å². The van der Waals surface area contributed by atoms with E-state index in [9.17, 15) is 4.79 Å². The highest BCUT2D eigenvalue weighted by molar-refractivity contribution is 5.85. The van der Waals surface area contributed by atoms with Crippen LogP contribution < -0.4 is 0 Å². The number of rotatable bonds is 4. The number of Topliss-reactive ketones (excluding diaryl/α,β-unsaturated/α-hetero) is 1. The summed E-state index contributed by atoms with van der Waals surface area (Å²) in [6, 6.07) is 0. The van der Waals surface area contributed by atoms with Gasteiger partial charge in [-0.3, -0.25) is 4.79 Å². The van der Waals surface area contributed by atoms with Gasteiger partial charge in [0, 0.05) is 11.8 Å². The van der Waals surface area contributed by atoms with E-state index in [1.807, 2.05) is 5.57 Å². The van der Waals surface area contributed by atoms with Crippen LogP contribution in [0.4, 0.5) is 0 Å². The molecule has 0 aliphatic heterocycles. The summed E-state index contributed by atoms with van der Waals surface area (Å²) in [5.41, 5.74) is 4.20. The molecule has 7 atom stereocenters. The summed E-state index contributed by atoms with van der Waals surface area (Å²) < 4.78 is 0. The number of carbonyl (C=O) groups is 1. The largest absolute Gasteiger partial charge is 0.299 e. The van der Waals surface area contributed by atoms with Crippen molar-refractivity contribution in [3.63, 3.8) is 0 Å². The Morgan fingerprint density at radius 3 is 2.48 bits per heavy atom. The van der Waals surface area contributed by atoms with Crippen molar-refractivity contribution in [3.05, 3.63) is 23.3 Å². The number of allylic oxidation sites excluding steroid dienone is 4. The Morgan fingerprint density at radius 2 is 1.81 bits per heavy atom. The van der Waals surface area contributed by atoms with E-state index in [-0.39, 0.29) is 5.41 Å². The maximum absolute atomic E-state index is 12.8. The average Bonchev–Trinajstić information content (AvgIpc) is 2.96. The van der Waals surface area contributed by atoms with Gasteiger partial charge in [0.05, 0.1) is 0 Å². The first-order valence-electron chi connectivity index (χ1n) is 13.2. The van der Waals surface area contributed by atoms with Crippen molar-refractivity contribution in [2.24, 2.45) is 45.3 Å². The van der Waals surface area contributed by atoms with Crippen LogP contribution in [0.25, 0.3) is 0 Å². The van der Waals surface area contributed by atoms with Crippen LogP contribution in [0.1, 0.15) is 113 Å². The van der Waals surface area contributed by atoms with Crippen LogP contribution in [0.3, 0.4) is 0 Å². The maximum atomic E-state index is 12.8. The minimum atomic E-state index is -0.158. The Morgan fingerprint density at radius 1 is 1.10 bits per heavy atom. The van der Waals surface area contributed by atoms with E-state index in [4.69, 9.17) is 0 Å². The normalized spacial score (nSPS) is 44.6. The van der Waals surface area contributed by atoms with Crippen molar-refractivity contribution in [1.29, 1.82) is 0 Å². The van der Waals surface area contributed by atoms with Gasteiger partial charge in [-0.25, -0.2) is 0 Å². The minimum Gasteiger partial charge on any atom is -0.299 e. The highest BCUT2D eigenvalue weighted by atomic mass is 16.1. The molecule has 0 heterocycles. The molecule has 0 N–H and O–H groups in total. The van der Waals surface area contributed by atoms with Gasteiger partial charge in [0.25, 0.3) is 0 Å². The monoisotopic (exact) mass is 424 g/mol. The highest BCUT2D eigenvalue weighted by Crippen LogP contribution is 2.73. The van der Waals surface area contributed by atoms with E-state index in [0.29, 0.717) is 33.9 Å². The van der Waals surface area contributed by atoms with Crippen molar-refractivity contribution in [1.82, 2.24) is 0 Å². The fourth-order valence-electron chi connectivity index (χ4n) is 9.30. The molecular formula is C30H48O. The number of hydrogen-bond acceptors (Lipinski definition) is 1. The predicted molar refractivity (Wildman–Crippen MR) is 132 cm³/mol. The van der Waals surface area contributed by atoms with Gasteiger partial charge in [-0.2, -0.15) is 0 Å². The molecular weight excluding hydrogens is 376 g/mol. The fourth-order valence-corrected chi connectivity index (χ4v) is 9.30. The van der Waals surface area contributed by atoms with Gasteiger partial charge in [-0.05, 0) is 105 Å². The lowest BCUT2D eigenvalue weighted by Crippen LogP contribution is -2.57. The second-order valence-electron chi connectivity index (χ2n) is 13.4. The third kappa shape index (κ3) is 3.26. The summed E-state index contributed by atoms with van der Waals surface area (Å²) in [6.07, 6.45) is 16.2. The molecule has 0 aromatic rings. The molecule has 0 aromatic carbocycles. The minimum absolute atomic E-state index is 0.158. The summed E-state index contributed by atoms with van der Waals surface area (Å²) >= 11 is 0. The van der Waals surface area contributed by atoms with Crippen LogP contribution in [0.2, 0.25) is 0 Å². The lowest BCUT2D eigenvalue weighted by molar-refractivity contribution is -0.146. The number of ketones is 1. The van der Waals surface area contributed by atoms with Gasteiger partial charge in [-0.15, -0.1) is 0 Å². The molecule has 0 bridgehead atoms. The maximum Gasteiger partial charge on any atom is 0.138 e. The standard InChI is InChI=1S/C30H48O/c1-20(2)10-9-11-21(3)22-14-18-30(8)24-12-13-25-27(4,5)26(31)16-17-28(25,6)23(24)15-19-29(22,30)7/h10,12,21-23,25H,9,11,13-19H2,1-8H3/t21-,22-,23-,25+,28-,29-,30+/m1/s1. The van der Waals surface area contributed by atoms with Crippen LogP contribution >= 0.6 is 0 Å². The summed E-state index contributed by atoms with van der Waals surface area (Å²) in [4.78, 5) is 12.8. The van der Waals surface area contributed by atoms with Crippen LogP contribution in [0.15, 0.2) is 23.3 Å². The third-order valence-electron chi connectivity index (χ3n) is 11.5. The molecule has 0 radical (unpaired) electrons. The van der Waals surface area contributed by atoms with Gasteiger partial charge in [0.1, 0.15) is 5.78 Å². The average molecular weight is 425 g/mol. The van der Waals surface area contributed by atoms with Crippen LogP contribution in [-0.2, 0) is 4.79 Å². The molecule has 0 saturated heterocycles. The molecule has 3 fully saturated rings. The first-order valence-corrected chi connectivity index (χ1v) is 13.2. The van der Waals surface area contributed by atoms with Crippen molar-refractivity contribution >= 4 is 5.78 Å². The Balaban J connectivity index is 1.63. The molecule has 4 rings (SSSR count). The number of hydrogen-bond donors (Lipinski definition) is 0. The molecule has 0 unspecified atom stereocenters. The highest BCUT2D eigenvalue weighted by Gasteiger charge is 2.65. The fraction of sp³-hybridized carbons (Fsp3) is 0.833. The Hall–Kier alpha value is -0.850. The Kier molecular flexibility index (Phi) is 5.71. The summed E-state index contributed by atoms with van der Waals surface area (Å²) in [6.45, 7) is 19.3. The van der Waals surface area contributed by atoms with Gasteiger partial charge in [-0.1, -0.05) is 64.8 Å². The summed E-state index contributed by atoms with van der Waals surface area (Å²) in [7, 11) is 0. The molecule has 4 aliphatic rings. The van der Waals surface area contributed by atoms with Crippen molar-refractivity contribution < 1.29 is 4.79 Å². The first kappa shape index (κ1) is 23.3. The van der Waals surface area contributed by atoms with Crippen molar-refractivity contribution in [2.75, 3.05) is 0 Å². The molecule has 174 valence electrons. The van der Waals surface area contributed by atoms with Gasteiger partial charge < -0.3 is 0 Å². The zero-order valence-electron chi connectivity index (χ0n) is 21.7. The lowest BCUT2D eigenvalue weighted by atomic mass is 9.41. The van der Waals surface area contributed by atoms with Crippen LogP contribution in [0, 0.1) is 45.3 Å². The third-order valence-corrected chi connectivity index (χ3v) is 11.5. The number of carbonyl (C=O) groups excluding carboxylic acids is 1. The molecule has 0 amide bonds. The van der Waals surface area contributed by atoms with Crippen molar-refractivity contribution in [3.8, 4) is 0 Å². The Bertz CT molecular complexity index is 795.